The van der Waals surface area contributed by atoms with E-state index >= 15 is 0 Å². The number of anilines is 1. The Hall–Kier alpha value is -3.37. The smallest absolute Gasteiger partial charge is 0.242 e. The lowest BCUT2D eigenvalue weighted by Crippen LogP contribution is -2.41. The number of aromatic nitrogens is 2. The van der Waals surface area contributed by atoms with Gasteiger partial charge in [-0.25, -0.2) is 9.37 Å². The predicted octanol–water partition coefficient (Wildman–Crippen LogP) is 4.13. The van der Waals surface area contributed by atoms with E-state index in [1.54, 1.807) is 24.3 Å². The summed E-state index contributed by atoms with van der Waals surface area (Å²) in [7, 11) is 0. The van der Waals surface area contributed by atoms with Crippen LogP contribution in [0.2, 0.25) is 0 Å². The van der Waals surface area contributed by atoms with Crippen molar-refractivity contribution in [2.24, 2.45) is 23.5 Å². The largest absolute Gasteiger partial charge is 0.320 e. The Labute approximate surface area is 185 Å². The molecule has 6 nitrogen and oxygen atoms in total. The molecule has 2 heterocycles. The number of benzene rings is 1. The third-order valence-electron chi connectivity index (χ3n) is 7.18. The molecule has 7 heteroatoms. The van der Waals surface area contributed by atoms with Crippen LogP contribution < -0.4 is 11.1 Å². The predicted molar refractivity (Wildman–Crippen MR) is 119 cm³/mol. The molecule has 0 radical (unpaired) electrons. The molecule has 0 saturated heterocycles. The van der Waals surface area contributed by atoms with Crippen molar-refractivity contribution in [3.63, 3.8) is 0 Å². The Morgan fingerprint density at radius 3 is 2.59 bits per heavy atom. The molecule has 2 fully saturated rings. The highest BCUT2D eigenvalue weighted by atomic mass is 19.1. The second-order valence-electron chi connectivity index (χ2n) is 9.04. The van der Waals surface area contributed by atoms with Crippen LogP contribution >= 0.6 is 0 Å². The van der Waals surface area contributed by atoms with E-state index in [4.69, 9.17) is 11.0 Å². The molecule has 3 aromatic rings. The van der Waals surface area contributed by atoms with Gasteiger partial charge in [0, 0.05) is 17.8 Å². The highest BCUT2D eigenvalue weighted by Gasteiger charge is 2.45. The third kappa shape index (κ3) is 3.82. The van der Waals surface area contributed by atoms with E-state index < -0.39 is 6.04 Å². The van der Waals surface area contributed by atoms with Crippen LogP contribution in [0, 0.1) is 34.9 Å². The number of nitrogens with two attached hydrogens (primary N) is 1. The zero-order chi connectivity index (χ0) is 22.2. The van der Waals surface area contributed by atoms with Crippen molar-refractivity contribution in [2.45, 2.75) is 37.6 Å². The summed E-state index contributed by atoms with van der Waals surface area (Å²) < 4.78 is 13.8. The maximum absolute atomic E-state index is 13.8. The Morgan fingerprint density at radius 1 is 1.12 bits per heavy atom. The molecule has 162 valence electrons. The molecule has 2 aliphatic carbocycles. The summed E-state index contributed by atoms with van der Waals surface area (Å²) in [6, 6.07) is 11.4. The topological polar surface area (TPSA) is 105 Å². The first-order valence-electron chi connectivity index (χ1n) is 11.0. The molecule has 2 saturated carbocycles. The lowest BCUT2D eigenvalue weighted by atomic mass is 9.88. The lowest BCUT2D eigenvalue weighted by Gasteiger charge is -2.21. The van der Waals surface area contributed by atoms with Crippen molar-refractivity contribution in [1.29, 1.82) is 5.26 Å². The van der Waals surface area contributed by atoms with Crippen molar-refractivity contribution in [3.05, 3.63) is 65.7 Å². The van der Waals surface area contributed by atoms with E-state index in [0.29, 0.717) is 29.1 Å². The first kappa shape index (κ1) is 20.5. The number of nitriles is 1. The number of rotatable bonds is 4. The summed E-state index contributed by atoms with van der Waals surface area (Å²) in [6.45, 7) is 0. The van der Waals surface area contributed by atoms with Gasteiger partial charge >= 0.3 is 0 Å². The van der Waals surface area contributed by atoms with Crippen LogP contribution in [-0.2, 0) is 4.79 Å². The van der Waals surface area contributed by atoms with Gasteiger partial charge in [0.25, 0.3) is 0 Å². The highest BCUT2D eigenvalue weighted by molar-refractivity contribution is 5.94. The second-order valence-corrected chi connectivity index (χ2v) is 9.04. The van der Waals surface area contributed by atoms with Crippen LogP contribution in [0.25, 0.3) is 10.9 Å². The van der Waals surface area contributed by atoms with E-state index in [2.05, 4.69) is 15.3 Å². The molecule has 3 N–H and O–H groups in total. The van der Waals surface area contributed by atoms with E-state index in [1.165, 1.54) is 17.8 Å². The van der Waals surface area contributed by atoms with Gasteiger partial charge in [0.05, 0.1) is 17.1 Å². The standard InChI is InChI=1S/C25H24FN5O/c26-19-2-3-22-21(11-19)20(5-6-29-22)17-7-15-9-18(10-16(15)8-17)24(28)25(32)31-23-4-1-14(12-27)13-30-23/h1-6,11,13,15-18,24H,7-10,28H2,(H,30,31,32)/t15-,16?,17?,18?,24?/m1/s1. The summed E-state index contributed by atoms with van der Waals surface area (Å²) in [5.74, 6) is 1.49. The summed E-state index contributed by atoms with van der Waals surface area (Å²) in [4.78, 5) is 21.1. The average Bonchev–Trinajstić information content (AvgIpc) is 3.38. The van der Waals surface area contributed by atoms with Gasteiger partial charge in [-0.1, -0.05) is 0 Å². The SMILES string of the molecule is N#Cc1ccc(NC(=O)C(N)C2CC3CC(c4ccnc5ccc(F)cc45)C[C@@H]3C2)nc1. The lowest BCUT2D eigenvalue weighted by molar-refractivity contribution is -0.118. The van der Waals surface area contributed by atoms with E-state index in [9.17, 15) is 9.18 Å². The molecule has 32 heavy (non-hydrogen) atoms. The number of halogens is 1. The van der Waals surface area contributed by atoms with Crippen molar-refractivity contribution >= 4 is 22.6 Å². The minimum absolute atomic E-state index is 0.135. The Balaban J connectivity index is 1.23. The quantitative estimate of drug-likeness (QED) is 0.649. The first-order valence-corrected chi connectivity index (χ1v) is 11.0. The molecule has 4 unspecified atom stereocenters. The van der Waals surface area contributed by atoms with Gasteiger partial charge < -0.3 is 11.1 Å². The Bertz CT molecular complexity index is 1190. The fourth-order valence-corrected chi connectivity index (χ4v) is 5.66. The third-order valence-corrected chi connectivity index (χ3v) is 7.18. The molecule has 5 rings (SSSR count). The van der Waals surface area contributed by atoms with Crippen molar-refractivity contribution < 1.29 is 9.18 Å². The molecule has 2 aliphatic rings. The Morgan fingerprint density at radius 2 is 1.91 bits per heavy atom. The number of hydrogen-bond acceptors (Lipinski definition) is 5. The van der Waals surface area contributed by atoms with Crippen LogP contribution in [0.1, 0.15) is 42.7 Å². The molecule has 1 amide bonds. The summed E-state index contributed by atoms with van der Waals surface area (Å²) in [5.41, 5.74) is 8.77. The zero-order valence-corrected chi connectivity index (χ0v) is 17.5. The fraction of sp³-hybridized carbons (Fsp3) is 0.360. The number of nitrogens with one attached hydrogen (secondary N) is 1. The van der Waals surface area contributed by atoms with E-state index in [-0.39, 0.29) is 17.6 Å². The molecule has 0 spiro atoms. The zero-order valence-electron chi connectivity index (χ0n) is 17.5. The van der Waals surface area contributed by atoms with Crippen LogP contribution in [-0.4, -0.2) is 21.9 Å². The molecule has 5 atom stereocenters. The van der Waals surface area contributed by atoms with Crippen molar-refractivity contribution in [1.82, 2.24) is 9.97 Å². The highest BCUT2D eigenvalue weighted by Crippen LogP contribution is 2.53. The van der Waals surface area contributed by atoms with Crippen molar-refractivity contribution in [2.75, 3.05) is 5.32 Å². The van der Waals surface area contributed by atoms with Gasteiger partial charge in [-0.2, -0.15) is 5.26 Å². The molecule has 0 aliphatic heterocycles. The minimum atomic E-state index is -0.590. The number of hydrogen-bond donors (Lipinski definition) is 2. The van der Waals surface area contributed by atoms with Crippen LogP contribution in [0.15, 0.2) is 48.8 Å². The maximum Gasteiger partial charge on any atom is 0.242 e. The molecular weight excluding hydrogens is 405 g/mol. The number of nitrogens with zero attached hydrogens (tertiary/aromatic N) is 3. The normalized spacial score (nSPS) is 25.3. The number of amides is 1. The molecular formula is C25H24FN5O. The summed E-state index contributed by atoms with van der Waals surface area (Å²) in [6.07, 6.45) is 7.15. The number of carbonyl (C=O) groups excluding carboxylic acids is 1. The van der Waals surface area contributed by atoms with Gasteiger partial charge in [-0.15, -0.1) is 0 Å². The fourth-order valence-electron chi connectivity index (χ4n) is 5.66. The second kappa shape index (κ2) is 8.29. The molecule has 2 aromatic heterocycles. The monoisotopic (exact) mass is 429 g/mol. The molecule has 0 bridgehead atoms. The van der Waals surface area contributed by atoms with Crippen molar-refractivity contribution in [3.8, 4) is 6.07 Å². The number of fused-ring (bicyclic) bond motifs is 2. The van der Waals surface area contributed by atoms with E-state index in [0.717, 1.165) is 36.6 Å². The van der Waals surface area contributed by atoms with Gasteiger partial charge in [-0.3, -0.25) is 9.78 Å². The Kier molecular flexibility index (Phi) is 5.32. The van der Waals surface area contributed by atoms with Gasteiger partial charge in [-0.05, 0) is 91.3 Å². The number of pyridine rings is 2. The van der Waals surface area contributed by atoms with E-state index in [1.807, 2.05) is 18.3 Å². The first-order chi connectivity index (χ1) is 15.5. The number of carbonyl (C=O) groups is 1. The summed E-state index contributed by atoms with van der Waals surface area (Å²) in [5, 5.41) is 12.5. The molecule has 1 aromatic carbocycles. The van der Waals surface area contributed by atoms with Gasteiger partial charge in [0.2, 0.25) is 5.91 Å². The van der Waals surface area contributed by atoms with Gasteiger partial charge in [0.1, 0.15) is 17.7 Å². The average molecular weight is 429 g/mol. The van der Waals surface area contributed by atoms with Crippen LogP contribution in [0.5, 0.6) is 0 Å². The van der Waals surface area contributed by atoms with Crippen LogP contribution in [0.4, 0.5) is 10.2 Å². The minimum Gasteiger partial charge on any atom is -0.320 e. The van der Waals surface area contributed by atoms with Crippen LogP contribution in [0.3, 0.4) is 0 Å². The summed E-state index contributed by atoms with van der Waals surface area (Å²) >= 11 is 0. The van der Waals surface area contributed by atoms with Gasteiger partial charge in [0.15, 0.2) is 0 Å². The maximum atomic E-state index is 13.8.